The molecule has 0 spiro atoms. The van der Waals surface area contributed by atoms with Gasteiger partial charge in [0.05, 0.1) is 12.1 Å². The molecule has 4 nitrogen and oxygen atoms in total. The predicted molar refractivity (Wildman–Crippen MR) is 73.2 cm³/mol. The van der Waals surface area contributed by atoms with E-state index in [1.54, 1.807) is 0 Å². The van der Waals surface area contributed by atoms with Gasteiger partial charge in [0.15, 0.2) is 0 Å². The minimum atomic E-state index is -0.353. The summed E-state index contributed by atoms with van der Waals surface area (Å²) < 4.78 is 5.77. The summed E-state index contributed by atoms with van der Waals surface area (Å²) in [4.78, 5) is 14.0. The molecule has 1 rings (SSSR count). The molecule has 18 heavy (non-hydrogen) atoms. The first-order chi connectivity index (χ1) is 8.40. The van der Waals surface area contributed by atoms with Gasteiger partial charge in [-0.1, -0.05) is 27.7 Å². The lowest BCUT2D eigenvalue weighted by Crippen LogP contribution is -2.43. The normalized spacial score (nSPS) is 21.9. The Bertz CT molecular complexity index is 267. The second-order valence-electron chi connectivity index (χ2n) is 6.16. The Morgan fingerprint density at radius 2 is 2.00 bits per heavy atom. The number of amides is 1. The highest BCUT2D eigenvalue weighted by Crippen LogP contribution is 2.16. The average Bonchev–Trinajstić information content (AvgIpc) is 2.72. The Morgan fingerprint density at radius 1 is 1.33 bits per heavy atom. The Morgan fingerprint density at radius 3 is 2.56 bits per heavy atom. The summed E-state index contributed by atoms with van der Waals surface area (Å²) in [6, 6.07) is -0.353. The molecule has 1 saturated heterocycles. The molecule has 1 unspecified atom stereocenters. The van der Waals surface area contributed by atoms with Crippen LogP contribution in [0.1, 0.15) is 40.5 Å². The molecule has 0 aromatic rings. The monoisotopic (exact) mass is 256 g/mol. The summed E-state index contributed by atoms with van der Waals surface area (Å²) in [5.41, 5.74) is 5.93. The van der Waals surface area contributed by atoms with Gasteiger partial charge in [-0.15, -0.1) is 0 Å². The van der Waals surface area contributed by atoms with Crippen molar-refractivity contribution < 1.29 is 9.53 Å². The topological polar surface area (TPSA) is 55.6 Å². The number of hydrogen-bond acceptors (Lipinski definition) is 3. The van der Waals surface area contributed by atoms with Crippen LogP contribution < -0.4 is 5.73 Å². The molecule has 0 aliphatic carbocycles. The quantitative estimate of drug-likeness (QED) is 0.786. The van der Waals surface area contributed by atoms with Crippen LogP contribution in [0, 0.1) is 11.8 Å². The lowest BCUT2D eigenvalue weighted by molar-refractivity contribution is -0.132. The lowest BCUT2D eigenvalue weighted by Gasteiger charge is -2.22. The molecule has 1 aliphatic heterocycles. The summed E-state index contributed by atoms with van der Waals surface area (Å²) in [6.07, 6.45) is 1.89. The van der Waals surface area contributed by atoms with E-state index in [9.17, 15) is 4.79 Å². The largest absolute Gasteiger partial charge is 0.376 e. The SMILES string of the molecule is CC(C)COC1CCN(C(=O)[C@@H](N)CC(C)C)C1. The molecule has 1 fully saturated rings. The van der Waals surface area contributed by atoms with Gasteiger partial charge in [-0.3, -0.25) is 4.79 Å². The molecule has 1 aliphatic rings. The number of nitrogens with zero attached hydrogens (tertiary/aromatic N) is 1. The molecule has 0 bridgehead atoms. The zero-order chi connectivity index (χ0) is 13.7. The van der Waals surface area contributed by atoms with Crippen LogP contribution in [-0.2, 0) is 9.53 Å². The van der Waals surface area contributed by atoms with Crippen molar-refractivity contribution >= 4 is 5.91 Å². The van der Waals surface area contributed by atoms with E-state index >= 15 is 0 Å². The third kappa shape index (κ3) is 4.94. The van der Waals surface area contributed by atoms with E-state index in [1.165, 1.54) is 0 Å². The lowest BCUT2D eigenvalue weighted by atomic mass is 10.0. The zero-order valence-electron chi connectivity index (χ0n) is 12.2. The van der Waals surface area contributed by atoms with Crippen molar-refractivity contribution in [1.29, 1.82) is 0 Å². The van der Waals surface area contributed by atoms with Crippen molar-refractivity contribution in [3.63, 3.8) is 0 Å². The standard InChI is InChI=1S/C14H28N2O2/c1-10(2)7-13(15)14(17)16-6-5-12(8-16)18-9-11(3)4/h10-13H,5-9,15H2,1-4H3/t12?,13-/m0/s1. The Hall–Kier alpha value is -0.610. The van der Waals surface area contributed by atoms with Gasteiger partial charge in [-0.2, -0.15) is 0 Å². The molecule has 0 aromatic carbocycles. The molecular weight excluding hydrogens is 228 g/mol. The van der Waals surface area contributed by atoms with E-state index in [-0.39, 0.29) is 18.1 Å². The fourth-order valence-electron chi connectivity index (χ4n) is 2.24. The van der Waals surface area contributed by atoms with Crippen LogP contribution in [0.25, 0.3) is 0 Å². The number of likely N-dealkylation sites (tertiary alicyclic amines) is 1. The highest BCUT2D eigenvalue weighted by molar-refractivity contribution is 5.81. The van der Waals surface area contributed by atoms with Crippen molar-refractivity contribution in [3.05, 3.63) is 0 Å². The summed E-state index contributed by atoms with van der Waals surface area (Å²) in [7, 11) is 0. The van der Waals surface area contributed by atoms with Gasteiger partial charge in [0.1, 0.15) is 0 Å². The van der Waals surface area contributed by atoms with Gasteiger partial charge in [-0.25, -0.2) is 0 Å². The van der Waals surface area contributed by atoms with Crippen LogP contribution in [0.15, 0.2) is 0 Å². The van der Waals surface area contributed by atoms with Crippen LogP contribution >= 0.6 is 0 Å². The number of carbonyl (C=O) groups excluding carboxylic acids is 1. The van der Waals surface area contributed by atoms with Gasteiger partial charge < -0.3 is 15.4 Å². The van der Waals surface area contributed by atoms with Crippen molar-refractivity contribution in [3.8, 4) is 0 Å². The number of hydrogen-bond donors (Lipinski definition) is 1. The molecule has 0 saturated carbocycles. The summed E-state index contributed by atoms with van der Waals surface area (Å²) in [5, 5.41) is 0. The van der Waals surface area contributed by atoms with Gasteiger partial charge >= 0.3 is 0 Å². The minimum Gasteiger partial charge on any atom is -0.376 e. The van der Waals surface area contributed by atoms with Crippen LogP contribution in [0.3, 0.4) is 0 Å². The van der Waals surface area contributed by atoms with Crippen LogP contribution in [0.4, 0.5) is 0 Å². The van der Waals surface area contributed by atoms with Gasteiger partial charge in [0.2, 0.25) is 5.91 Å². The number of carbonyl (C=O) groups is 1. The van der Waals surface area contributed by atoms with E-state index in [0.717, 1.165) is 26.0 Å². The van der Waals surface area contributed by atoms with Crippen LogP contribution in [0.5, 0.6) is 0 Å². The third-order valence-corrected chi connectivity index (χ3v) is 3.16. The molecular formula is C14H28N2O2. The third-order valence-electron chi connectivity index (χ3n) is 3.16. The second kappa shape index (κ2) is 7.10. The van der Waals surface area contributed by atoms with Crippen LogP contribution in [-0.4, -0.2) is 42.6 Å². The van der Waals surface area contributed by atoms with Gasteiger partial charge in [0.25, 0.3) is 0 Å². The molecule has 0 radical (unpaired) electrons. The first kappa shape index (κ1) is 15.4. The summed E-state index contributed by atoms with van der Waals surface area (Å²) >= 11 is 0. The Kier molecular flexibility index (Phi) is 6.09. The first-order valence-corrected chi connectivity index (χ1v) is 7.06. The van der Waals surface area contributed by atoms with Crippen molar-refractivity contribution in [2.24, 2.45) is 17.6 Å². The predicted octanol–water partition coefficient (Wildman–Crippen LogP) is 1.63. The maximum atomic E-state index is 12.1. The summed E-state index contributed by atoms with van der Waals surface area (Å²) in [6.45, 7) is 10.7. The molecule has 106 valence electrons. The number of rotatable bonds is 6. The molecule has 0 aromatic heterocycles. The Balaban J connectivity index is 2.34. The van der Waals surface area contributed by atoms with Crippen molar-refractivity contribution in [1.82, 2.24) is 4.90 Å². The van der Waals surface area contributed by atoms with E-state index < -0.39 is 0 Å². The highest BCUT2D eigenvalue weighted by Gasteiger charge is 2.29. The maximum absolute atomic E-state index is 12.1. The highest BCUT2D eigenvalue weighted by atomic mass is 16.5. The van der Waals surface area contributed by atoms with E-state index in [2.05, 4.69) is 27.7 Å². The van der Waals surface area contributed by atoms with E-state index in [0.29, 0.717) is 18.4 Å². The zero-order valence-corrected chi connectivity index (χ0v) is 12.2. The molecule has 1 heterocycles. The number of ether oxygens (including phenoxy) is 1. The van der Waals surface area contributed by atoms with Crippen molar-refractivity contribution in [2.75, 3.05) is 19.7 Å². The average molecular weight is 256 g/mol. The molecule has 4 heteroatoms. The fourth-order valence-corrected chi connectivity index (χ4v) is 2.24. The Labute approximate surface area is 111 Å². The first-order valence-electron chi connectivity index (χ1n) is 7.06. The van der Waals surface area contributed by atoms with Gasteiger partial charge in [-0.05, 0) is 24.7 Å². The van der Waals surface area contributed by atoms with Crippen LogP contribution in [0.2, 0.25) is 0 Å². The second-order valence-corrected chi connectivity index (χ2v) is 6.16. The molecule has 1 amide bonds. The maximum Gasteiger partial charge on any atom is 0.239 e. The molecule has 2 N–H and O–H groups in total. The van der Waals surface area contributed by atoms with Gasteiger partial charge in [0, 0.05) is 19.7 Å². The van der Waals surface area contributed by atoms with Crippen molar-refractivity contribution in [2.45, 2.75) is 52.7 Å². The van der Waals surface area contributed by atoms with E-state index in [4.69, 9.17) is 10.5 Å². The fraction of sp³-hybridized carbons (Fsp3) is 0.929. The smallest absolute Gasteiger partial charge is 0.239 e. The summed E-state index contributed by atoms with van der Waals surface area (Å²) in [5.74, 6) is 1.08. The van der Waals surface area contributed by atoms with E-state index in [1.807, 2.05) is 4.90 Å². The molecule has 2 atom stereocenters. The minimum absolute atomic E-state index is 0.0827. The number of nitrogens with two attached hydrogens (primary N) is 1.